The standard InChI is InChI=1S/C29H48N2O2S/c1-2-3-4-5-6-7-8-9-10-11-12-13-14-15-16-20-23-30-27(32)24-31-28(33)25-34-29(31)26-21-18-17-19-22-26/h17-19,21-22,29H,2-16,20,23-25H2,1H3,(H,30,32). The van der Waals surface area contributed by atoms with Crippen LogP contribution in [0, 0.1) is 0 Å². The lowest BCUT2D eigenvalue weighted by molar-refractivity contribution is -0.133. The normalized spacial score (nSPS) is 15.7. The Morgan fingerprint density at radius 3 is 1.85 bits per heavy atom. The van der Waals surface area contributed by atoms with Crippen molar-refractivity contribution in [3.05, 3.63) is 35.9 Å². The molecule has 1 saturated heterocycles. The molecule has 1 aromatic carbocycles. The van der Waals surface area contributed by atoms with Gasteiger partial charge in [0.25, 0.3) is 0 Å². The van der Waals surface area contributed by atoms with Gasteiger partial charge in [0.15, 0.2) is 0 Å². The Morgan fingerprint density at radius 1 is 0.824 bits per heavy atom. The fourth-order valence-corrected chi connectivity index (χ4v) is 5.82. The summed E-state index contributed by atoms with van der Waals surface area (Å²) >= 11 is 1.60. The van der Waals surface area contributed by atoms with E-state index in [1.54, 1.807) is 16.7 Å². The van der Waals surface area contributed by atoms with Crippen LogP contribution in [0.15, 0.2) is 30.3 Å². The van der Waals surface area contributed by atoms with E-state index in [1.807, 2.05) is 30.3 Å². The first kappa shape index (κ1) is 28.7. The lowest BCUT2D eigenvalue weighted by Gasteiger charge is -2.23. The molecule has 1 aromatic rings. The topological polar surface area (TPSA) is 49.4 Å². The van der Waals surface area contributed by atoms with Gasteiger partial charge < -0.3 is 10.2 Å². The van der Waals surface area contributed by atoms with Crippen LogP contribution in [0.2, 0.25) is 0 Å². The first-order valence-electron chi connectivity index (χ1n) is 13.9. The highest BCUT2D eigenvalue weighted by atomic mass is 32.2. The van der Waals surface area contributed by atoms with Crippen LogP contribution in [-0.2, 0) is 9.59 Å². The smallest absolute Gasteiger partial charge is 0.239 e. The summed E-state index contributed by atoms with van der Waals surface area (Å²) in [5.41, 5.74) is 1.09. The lowest BCUT2D eigenvalue weighted by Crippen LogP contribution is -2.39. The number of nitrogens with one attached hydrogen (secondary N) is 1. The summed E-state index contributed by atoms with van der Waals surface area (Å²) in [4.78, 5) is 26.3. The number of rotatable bonds is 20. The van der Waals surface area contributed by atoms with E-state index >= 15 is 0 Å². The van der Waals surface area contributed by atoms with Crippen molar-refractivity contribution in [2.75, 3.05) is 18.8 Å². The van der Waals surface area contributed by atoms with Gasteiger partial charge in [-0.2, -0.15) is 0 Å². The monoisotopic (exact) mass is 488 g/mol. The van der Waals surface area contributed by atoms with E-state index in [9.17, 15) is 9.59 Å². The van der Waals surface area contributed by atoms with Gasteiger partial charge in [-0.1, -0.05) is 134 Å². The molecule has 1 fully saturated rings. The summed E-state index contributed by atoms with van der Waals surface area (Å²) < 4.78 is 0. The van der Waals surface area contributed by atoms with Crippen molar-refractivity contribution < 1.29 is 9.59 Å². The van der Waals surface area contributed by atoms with Gasteiger partial charge >= 0.3 is 0 Å². The minimum absolute atomic E-state index is 0.0438. The molecule has 0 radical (unpaired) electrons. The Labute approximate surface area is 213 Å². The predicted octanol–water partition coefficient (Wildman–Crippen LogP) is 7.64. The molecule has 1 N–H and O–H groups in total. The molecule has 1 atom stereocenters. The zero-order chi connectivity index (χ0) is 24.3. The molecular formula is C29H48N2O2S. The van der Waals surface area contributed by atoms with Gasteiger partial charge in [-0.05, 0) is 12.0 Å². The second-order valence-electron chi connectivity index (χ2n) is 9.75. The van der Waals surface area contributed by atoms with Crippen LogP contribution < -0.4 is 5.32 Å². The number of nitrogens with zero attached hydrogens (tertiary/aromatic N) is 1. The van der Waals surface area contributed by atoms with Gasteiger partial charge in [0.1, 0.15) is 11.9 Å². The van der Waals surface area contributed by atoms with Crippen molar-refractivity contribution in [2.45, 2.75) is 115 Å². The fourth-order valence-electron chi connectivity index (χ4n) is 4.63. The van der Waals surface area contributed by atoms with Gasteiger partial charge in [-0.25, -0.2) is 0 Å². The van der Waals surface area contributed by atoms with Crippen molar-refractivity contribution in [1.29, 1.82) is 0 Å². The molecule has 2 rings (SSSR count). The molecule has 2 amide bonds. The van der Waals surface area contributed by atoms with E-state index < -0.39 is 0 Å². The third kappa shape index (κ3) is 12.3. The van der Waals surface area contributed by atoms with E-state index in [2.05, 4.69) is 12.2 Å². The van der Waals surface area contributed by atoms with Crippen molar-refractivity contribution in [2.24, 2.45) is 0 Å². The Morgan fingerprint density at radius 2 is 1.32 bits per heavy atom. The quantitative estimate of drug-likeness (QED) is 0.192. The van der Waals surface area contributed by atoms with Crippen molar-refractivity contribution >= 4 is 23.6 Å². The minimum atomic E-state index is -0.0463. The summed E-state index contributed by atoms with van der Waals surface area (Å²) in [5.74, 6) is 0.459. The van der Waals surface area contributed by atoms with Gasteiger partial charge in [0.2, 0.25) is 11.8 Å². The van der Waals surface area contributed by atoms with E-state index in [-0.39, 0.29) is 23.7 Å². The second kappa shape index (κ2) is 18.8. The van der Waals surface area contributed by atoms with E-state index in [0.29, 0.717) is 12.3 Å². The Balaban J connectivity index is 1.39. The molecule has 1 unspecified atom stereocenters. The predicted molar refractivity (Wildman–Crippen MR) is 146 cm³/mol. The molecular weight excluding hydrogens is 440 g/mol. The van der Waals surface area contributed by atoms with Crippen molar-refractivity contribution in [3.8, 4) is 0 Å². The van der Waals surface area contributed by atoms with Crippen LogP contribution in [0.3, 0.4) is 0 Å². The summed E-state index contributed by atoms with van der Waals surface area (Å²) in [6.45, 7) is 3.15. The molecule has 0 aliphatic carbocycles. The average Bonchev–Trinajstić information content (AvgIpc) is 3.21. The Bertz CT molecular complexity index is 667. The van der Waals surface area contributed by atoms with E-state index in [1.165, 1.54) is 96.3 Å². The molecule has 5 heteroatoms. The van der Waals surface area contributed by atoms with Crippen LogP contribution in [0.4, 0.5) is 0 Å². The highest BCUT2D eigenvalue weighted by Crippen LogP contribution is 2.38. The highest BCUT2D eigenvalue weighted by molar-refractivity contribution is 8.00. The van der Waals surface area contributed by atoms with Crippen LogP contribution in [0.5, 0.6) is 0 Å². The maximum absolute atomic E-state index is 12.4. The highest BCUT2D eigenvalue weighted by Gasteiger charge is 2.33. The molecule has 1 aliphatic rings. The fraction of sp³-hybridized carbons (Fsp3) is 0.724. The number of unbranched alkanes of at least 4 members (excludes halogenated alkanes) is 15. The Kier molecular flexibility index (Phi) is 15.9. The number of benzene rings is 1. The van der Waals surface area contributed by atoms with Crippen LogP contribution >= 0.6 is 11.8 Å². The lowest BCUT2D eigenvalue weighted by atomic mass is 10.0. The summed E-state index contributed by atoms with van der Waals surface area (Å²) in [6, 6.07) is 9.98. The zero-order valence-electron chi connectivity index (χ0n) is 21.6. The van der Waals surface area contributed by atoms with Crippen molar-refractivity contribution in [1.82, 2.24) is 10.2 Å². The van der Waals surface area contributed by atoms with E-state index in [0.717, 1.165) is 12.0 Å². The van der Waals surface area contributed by atoms with Crippen LogP contribution in [0.1, 0.15) is 121 Å². The van der Waals surface area contributed by atoms with Gasteiger partial charge in [0, 0.05) is 6.54 Å². The largest absolute Gasteiger partial charge is 0.355 e. The molecule has 192 valence electrons. The van der Waals surface area contributed by atoms with Gasteiger partial charge in [-0.3, -0.25) is 9.59 Å². The second-order valence-corrected chi connectivity index (χ2v) is 10.8. The first-order chi connectivity index (χ1) is 16.7. The Hall–Kier alpha value is -1.49. The molecule has 0 bridgehead atoms. The first-order valence-corrected chi connectivity index (χ1v) is 15.0. The molecule has 0 spiro atoms. The maximum Gasteiger partial charge on any atom is 0.239 e. The van der Waals surface area contributed by atoms with Gasteiger partial charge in [-0.15, -0.1) is 11.8 Å². The maximum atomic E-state index is 12.4. The number of carbonyl (C=O) groups is 2. The van der Waals surface area contributed by atoms with Crippen molar-refractivity contribution in [3.63, 3.8) is 0 Å². The number of amides is 2. The SMILES string of the molecule is CCCCCCCCCCCCCCCCCCNC(=O)CN1C(=O)CSC1c1ccccc1. The van der Waals surface area contributed by atoms with E-state index in [4.69, 9.17) is 0 Å². The molecule has 0 aromatic heterocycles. The molecule has 0 saturated carbocycles. The molecule has 4 nitrogen and oxygen atoms in total. The number of hydrogen-bond acceptors (Lipinski definition) is 3. The molecule has 1 aliphatic heterocycles. The molecule has 34 heavy (non-hydrogen) atoms. The zero-order valence-corrected chi connectivity index (χ0v) is 22.4. The minimum Gasteiger partial charge on any atom is -0.355 e. The third-order valence-corrected chi connectivity index (χ3v) is 7.98. The number of thioether (sulfide) groups is 1. The van der Waals surface area contributed by atoms with Crippen LogP contribution in [0.25, 0.3) is 0 Å². The third-order valence-electron chi connectivity index (χ3n) is 6.72. The molecule has 1 heterocycles. The summed E-state index contributed by atoms with van der Waals surface area (Å²) in [5, 5.41) is 2.96. The summed E-state index contributed by atoms with van der Waals surface area (Å²) in [7, 11) is 0. The average molecular weight is 489 g/mol. The summed E-state index contributed by atoms with van der Waals surface area (Å²) in [6.07, 6.45) is 21.6. The van der Waals surface area contributed by atoms with Crippen LogP contribution in [-0.4, -0.2) is 35.6 Å². The number of carbonyl (C=O) groups excluding carboxylic acids is 2. The van der Waals surface area contributed by atoms with Gasteiger partial charge in [0.05, 0.1) is 5.75 Å². The number of hydrogen-bond donors (Lipinski definition) is 1.